The molecule has 0 spiro atoms. The fraction of sp³-hybridized carbons (Fsp3) is 0.571. The van der Waals surface area contributed by atoms with Crippen LogP contribution in [0.1, 0.15) is 42.5 Å². The number of carbonyl (C=O) groups excluding carboxylic acids is 1. The van der Waals surface area contributed by atoms with E-state index >= 15 is 0 Å². The van der Waals surface area contributed by atoms with Crippen LogP contribution in [0.2, 0.25) is 0 Å². The minimum Gasteiger partial charge on any atom is -0.481 e. The predicted molar refractivity (Wildman–Crippen MR) is 75.5 cm³/mol. The second-order valence-electron chi connectivity index (χ2n) is 5.17. The van der Waals surface area contributed by atoms with Crippen LogP contribution in [0.25, 0.3) is 0 Å². The third-order valence-electron chi connectivity index (χ3n) is 3.59. The predicted octanol–water partition coefficient (Wildman–Crippen LogP) is 0.424. The van der Waals surface area contributed by atoms with Crippen LogP contribution in [-0.4, -0.2) is 44.9 Å². The molecule has 21 heavy (non-hydrogen) atoms. The molecular weight excluding hydrogens is 272 g/mol. The fourth-order valence-electron chi connectivity index (χ4n) is 2.68. The van der Waals surface area contributed by atoms with Crippen molar-refractivity contribution in [1.82, 2.24) is 14.9 Å². The molecule has 1 saturated heterocycles. The number of carboxylic acid groups (broad SMARTS) is 1. The minimum atomic E-state index is -0.853. The molecule has 1 aromatic rings. The lowest BCUT2D eigenvalue weighted by molar-refractivity contribution is -0.137. The number of aliphatic carboxylic acids is 1. The van der Waals surface area contributed by atoms with E-state index in [0.717, 1.165) is 18.5 Å². The highest BCUT2D eigenvalue weighted by atomic mass is 16.4. The molecule has 114 valence electrons. The molecule has 0 radical (unpaired) electrons. The lowest BCUT2D eigenvalue weighted by Gasteiger charge is -2.24. The third-order valence-corrected chi connectivity index (χ3v) is 3.59. The van der Waals surface area contributed by atoms with Crippen LogP contribution in [0.15, 0.2) is 6.07 Å². The summed E-state index contributed by atoms with van der Waals surface area (Å²) in [5.74, 6) is -0.339. The van der Waals surface area contributed by atoms with E-state index in [1.807, 2.05) is 6.07 Å². The van der Waals surface area contributed by atoms with Crippen LogP contribution in [-0.2, 0) is 16.0 Å². The van der Waals surface area contributed by atoms with Gasteiger partial charge in [0.2, 0.25) is 5.91 Å². The Bertz CT molecular complexity index is 547. The SMILES string of the molecule is Cc1nc(CCC(=O)O)cc(C2CCCN2C(=O)CN)n1. The van der Waals surface area contributed by atoms with Gasteiger partial charge in [-0.25, -0.2) is 9.97 Å². The van der Waals surface area contributed by atoms with Gasteiger partial charge in [0, 0.05) is 18.7 Å². The maximum Gasteiger partial charge on any atom is 0.303 e. The number of likely N-dealkylation sites (tertiary alicyclic amines) is 1. The number of rotatable bonds is 5. The quantitative estimate of drug-likeness (QED) is 0.814. The number of nitrogens with two attached hydrogens (primary N) is 1. The highest BCUT2D eigenvalue weighted by Gasteiger charge is 2.30. The minimum absolute atomic E-state index is 0.00750. The molecular formula is C14H20N4O3. The van der Waals surface area contributed by atoms with Crippen molar-refractivity contribution in [3.63, 3.8) is 0 Å². The number of aryl methyl sites for hydroxylation is 2. The molecule has 1 aliphatic rings. The molecule has 0 saturated carbocycles. The summed E-state index contributed by atoms with van der Waals surface area (Å²) in [7, 11) is 0. The summed E-state index contributed by atoms with van der Waals surface area (Å²) in [6.45, 7) is 2.46. The van der Waals surface area contributed by atoms with Crippen molar-refractivity contribution in [3.8, 4) is 0 Å². The van der Waals surface area contributed by atoms with Gasteiger partial charge >= 0.3 is 5.97 Å². The summed E-state index contributed by atoms with van der Waals surface area (Å²) >= 11 is 0. The van der Waals surface area contributed by atoms with Gasteiger partial charge in [0.25, 0.3) is 0 Å². The number of amides is 1. The van der Waals surface area contributed by atoms with Crippen LogP contribution < -0.4 is 5.73 Å². The van der Waals surface area contributed by atoms with Crippen molar-refractivity contribution in [2.75, 3.05) is 13.1 Å². The second-order valence-corrected chi connectivity index (χ2v) is 5.17. The van der Waals surface area contributed by atoms with Crippen LogP contribution in [0.4, 0.5) is 0 Å². The Balaban J connectivity index is 2.22. The lowest BCUT2D eigenvalue weighted by atomic mass is 10.1. The molecule has 3 N–H and O–H groups in total. The van der Waals surface area contributed by atoms with E-state index in [1.165, 1.54) is 0 Å². The van der Waals surface area contributed by atoms with Crippen molar-refractivity contribution in [2.24, 2.45) is 5.73 Å². The first-order valence-electron chi connectivity index (χ1n) is 7.07. The van der Waals surface area contributed by atoms with Crippen molar-refractivity contribution in [1.29, 1.82) is 0 Å². The summed E-state index contributed by atoms with van der Waals surface area (Å²) in [6.07, 6.45) is 2.17. The zero-order chi connectivity index (χ0) is 15.4. The molecule has 1 atom stereocenters. The molecule has 7 heteroatoms. The normalized spacial score (nSPS) is 18.0. The van der Waals surface area contributed by atoms with Crippen molar-refractivity contribution < 1.29 is 14.7 Å². The molecule has 1 aromatic heterocycles. The van der Waals surface area contributed by atoms with Crippen molar-refractivity contribution >= 4 is 11.9 Å². The first kappa shape index (κ1) is 15.4. The molecule has 0 aromatic carbocycles. The van der Waals surface area contributed by atoms with Gasteiger partial charge in [0.1, 0.15) is 5.82 Å². The van der Waals surface area contributed by atoms with Gasteiger partial charge < -0.3 is 15.7 Å². The number of aromatic nitrogens is 2. The Morgan fingerprint density at radius 3 is 2.90 bits per heavy atom. The molecule has 1 aliphatic heterocycles. The molecule has 0 aliphatic carbocycles. The smallest absolute Gasteiger partial charge is 0.303 e. The average Bonchev–Trinajstić information content (AvgIpc) is 2.93. The summed E-state index contributed by atoms with van der Waals surface area (Å²) in [6, 6.07) is 1.73. The Morgan fingerprint density at radius 2 is 2.24 bits per heavy atom. The third kappa shape index (κ3) is 3.75. The van der Waals surface area contributed by atoms with Gasteiger partial charge in [-0.15, -0.1) is 0 Å². The number of carbonyl (C=O) groups is 2. The lowest BCUT2D eigenvalue weighted by Crippen LogP contribution is -2.35. The van der Waals surface area contributed by atoms with E-state index in [-0.39, 0.29) is 24.9 Å². The van der Waals surface area contributed by atoms with Crippen LogP contribution >= 0.6 is 0 Å². The molecule has 0 bridgehead atoms. The van der Waals surface area contributed by atoms with E-state index in [1.54, 1.807) is 11.8 Å². The summed E-state index contributed by atoms with van der Waals surface area (Å²) < 4.78 is 0. The molecule has 1 amide bonds. The van der Waals surface area contributed by atoms with Gasteiger partial charge in [-0.1, -0.05) is 0 Å². The van der Waals surface area contributed by atoms with Crippen molar-refractivity contribution in [2.45, 2.75) is 38.6 Å². The Kier molecular flexibility index (Phi) is 4.85. The van der Waals surface area contributed by atoms with Crippen LogP contribution in [0.3, 0.4) is 0 Å². The summed E-state index contributed by atoms with van der Waals surface area (Å²) in [5.41, 5.74) is 6.92. The molecule has 1 unspecified atom stereocenters. The Hall–Kier alpha value is -2.02. The van der Waals surface area contributed by atoms with E-state index in [4.69, 9.17) is 10.8 Å². The van der Waals surface area contributed by atoms with Gasteiger partial charge in [0.15, 0.2) is 0 Å². The highest BCUT2D eigenvalue weighted by Crippen LogP contribution is 2.31. The molecule has 2 heterocycles. The van der Waals surface area contributed by atoms with E-state index in [0.29, 0.717) is 24.5 Å². The maximum absolute atomic E-state index is 11.9. The Labute approximate surface area is 123 Å². The van der Waals surface area contributed by atoms with E-state index in [9.17, 15) is 9.59 Å². The summed E-state index contributed by atoms with van der Waals surface area (Å²) in [4.78, 5) is 33.0. The van der Waals surface area contributed by atoms with Gasteiger partial charge in [-0.05, 0) is 25.8 Å². The number of hydrogen-bond donors (Lipinski definition) is 2. The number of nitrogens with zero attached hydrogens (tertiary/aromatic N) is 3. The van der Waals surface area contributed by atoms with Crippen LogP contribution in [0, 0.1) is 6.92 Å². The largest absolute Gasteiger partial charge is 0.481 e. The zero-order valence-electron chi connectivity index (χ0n) is 12.1. The van der Waals surface area contributed by atoms with Gasteiger partial charge in [-0.3, -0.25) is 9.59 Å². The van der Waals surface area contributed by atoms with E-state index in [2.05, 4.69) is 9.97 Å². The van der Waals surface area contributed by atoms with Crippen molar-refractivity contribution in [3.05, 3.63) is 23.3 Å². The average molecular weight is 292 g/mol. The molecule has 7 nitrogen and oxygen atoms in total. The highest BCUT2D eigenvalue weighted by molar-refractivity contribution is 5.78. The monoisotopic (exact) mass is 292 g/mol. The van der Waals surface area contributed by atoms with E-state index < -0.39 is 5.97 Å². The van der Waals surface area contributed by atoms with Gasteiger partial charge in [-0.2, -0.15) is 0 Å². The Morgan fingerprint density at radius 1 is 1.48 bits per heavy atom. The molecule has 2 rings (SSSR count). The number of hydrogen-bond acceptors (Lipinski definition) is 5. The van der Waals surface area contributed by atoms with Gasteiger partial charge in [0.05, 0.1) is 24.7 Å². The van der Waals surface area contributed by atoms with Crippen LogP contribution in [0.5, 0.6) is 0 Å². The second kappa shape index (κ2) is 6.62. The topological polar surface area (TPSA) is 109 Å². The zero-order valence-corrected chi connectivity index (χ0v) is 12.1. The summed E-state index contributed by atoms with van der Waals surface area (Å²) in [5, 5.41) is 8.76. The number of carboxylic acids is 1. The fourth-order valence-corrected chi connectivity index (χ4v) is 2.68. The first-order chi connectivity index (χ1) is 10.0. The molecule has 1 fully saturated rings. The first-order valence-corrected chi connectivity index (χ1v) is 7.07. The maximum atomic E-state index is 11.9. The standard InChI is InChI=1S/C14H20N4O3/c1-9-16-10(4-5-14(20)21)7-11(17-9)12-3-2-6-18(12)13(19)8-15/h7,12H,2-6,8,15H2,1H3,(H,20,21).